The lowest BCUT2D eigenvalue weighted by atomic mass is 9.94. The van der Waals surface area contributed by atoms with E-state index in [9.17, 15) is 8.42 Å². The Hall–Kier alpha value is -1.71. The fourth-order valence-electron chi connectivity index (χ4n) is 3.95. The van der Waals surface area contributed by atoms with Crippen LogP contribution in [0, 0.1) is 0 Å². The summed E-state index contributed by atoms with van der Waals surface area (Å²) in [5, 5.41) is 7.71. The Kier molecular flexibility index (Phi) is 5.34. The maximum atomic E-state index is 12.9. The van der Waals surface area contributed by atoms with E-state index in [1.807, 2.05) is 6.92 Å². The van der Waals surface area contributed by atoms with Gasteiger partial charge < -0.3 is 8.83 Å². The Morgan fingerprint density at radius 1 is 1.04 bits per heavy atom. The van der Waals surface area contributed by atoms with Crippen molar-refractivity contribution in [2.45, 2.75) is 56.6 Å². The Morgan fingerprint density at radius 2 is 1.78 bits per heavy atom. The Bertz CT molecular complexity index is 862. The van der Waals surface area contributed by atoms with Crippen LogP contribution in [0.5, 0.6) is 0 Å². The van der Waals surface area contributed by atoms with Crippen LogP contribution in [0.2, 0.25) is 0 Å². The second-order valence-corrected chi connectivity index (χ2v) is 9.07. The van der Waals surface area contributed by atoms with Crippen molar-refractivity contribution >= 4 is 10.0 Å². The van der Waals surface area contributed by atoms with E-state index in [4.69, 9.17) is 8.83 Å². The van der Waals surface area contributed by atoms with Crippen LogP contribution >= 0.6 is 0 Å². The lowest BCUT2D eigenvalue weighted by molar-refractivity contribution is 0.110. The summed E-state index contributed by atoms with van der Waals surface area (Å²) < 4.78 is 38.4. The number of aromatic nitrogens is 2. The molecule has 27 heavy (non-hydrogen) atoms. The molecule has 1 saturated carbocycles. The molecule has 0 unspecified atom stereocenters. The van der Waals surface area contributed by atoms with Crippen molar-refractivity contribution in [3.8, 4) is 11.7 Å². The van der Waals surface area contributed by atoms with E-state index >= 15 is 0 Å². The first-order chi connectivity index (χ1) is 13.1. The minimum Gasteiger partial charge on any atom is -0.438 e. The molecular formula is C18H26N4O4S. The van der Waals surface area contributed by atoms with Crippen LogP contribution in [0.4, 0.5) is 0 Å². The molecule has 0 spiro atoms. The van der Waals surface area contributed by atoms with Crippen molar-refractivity contribution < 1.29 is 17.3 Å². The van der Waals surface area contributed by atoms with Gasteiger partial charge >= 0.3 is 0 Å². The highest BCUT2D eigenvalue weighted by molar-refractivity contribution is 7.89. The van der Waals surface area contributed by atoms with Gasteiger partial charge in [-0.05, 0) is 25.0 Å². The lowest BCUT2D eigenvalue weighted by Crippen LogP contribution is -2.52. The molecule has 1 saturated heterocycles. The molecule has 1 aliphatic carbocycles. The van der Waals surface area contributed by atoms with Gasteiger partial charge in [-0.3, -0.25) is 4.90 Å². The summed E-state index contributed by atoms with van der Waals surface area (Å²) in [4.78, 5) is 2.45. The largest absolute Gasteiger partial charge is 0.438 e. The van der Waals surface area contributed by atoms with Crippen molar-refractivity contribution in [1.29, 1.82) is 0 Å². The zero-order chi connectivity index (χ0) is 18.9. The molecule has 2 fully saturated rings. The van der Waals surface area contributed by atoms with Crippen molar-refractivity contribution in [3.63, 3.8) is 0 Å². The normalized spacial score (nSPS) is 20.9. The van der Waals surface area contributed by atoms with Gasteiger partial charge in [0.25, 0.3) is 15.9 Å². The third-order valence-electron chi connectivity index (χ3n) is 5.52. The summed E-state index contributed by atoms with van der Waals surface area (Å²) in [7, 11) is -3.65. The van der Waals surface area contributed by atoms with Gasteiger partial charge in [0.15, 0.2) is 5.76 Å². The highest BCUT2D eigenvalue weighted by atomic mass is 32.2. The number of furan rings is 1. The quantitative estimate of drug-likeness (QED) is 0.769. The molecular weight excluding hydrogens is 368 g/mol. The van der Waals surface area contributed by atoms with Crippen LogP contribution in [-0.4, -0.2) is 60.0 Å². The van der Waals surface area contributed by atoms with Crippen LogP contribution in [0.25, 0.3) is 11.7 Å². The van der Waals surface area contributed by atoms with Crippen molar-refractivity contribution in [1.82, 2.24) is 19.4 Å². The van der Waals surface area contributed by atoms with E-state index in [1.165, 1.54) is 42.5 Å². The Balaban J connectivity index is 1.43. The van der Waals surface area contributed by atoms with Gasteiger partial charge in [0.05, 0.1) is 0 Å². The highest BCUT2D eigenvalue weighted by Gasteiger charge is 2.33. The molecule has 2 aliphatic rings. The zero-order valence-electron chi connectivity index (χ0n) is 15.6. The molecule has 2 aromatic heterocycles. The molecule has 0 radical (unpaired) electrons. The van der Waals surface area contributed by atoms with E-state index in [0.29, 0.717) is 31.4 Å². The van der Waals surface area contributed by atoms with E-state index in [2.05, 4.69) is 15.1 Å². The standard InChI is InChI=1S/C18H26N4O4S/c1-2-16-19-20-18(26-16)15-8-9-17(25-15)27(23,24)22-12-10-21(11-13-22)14-6-4-3-5-7-14/h8-9,14H,2-7,10-13H2,1H3. The predicted octanol–water partition coefficient (Wildman–Crippen LogP) is 2.53. The van der Waals surface area contributed by atoms with Gasteiger partial charge in [-0.15, -0.1) is 10.2 Å². The summed E-state index contributed by atoms with van der Waals surface area (Å²) in [6.45, 7) is 4.45. The first-order valence-electron chi connectivity index (χ1n) is 9.74. The maximum absolute atomic E-state index is 12.9. The predicted molar refractivity (Wildman–Crippen MR) is 98.6 cm³/mol. The third kappa shape index (κ3) is 3.81. The van der Waals surface area contributed by atoms with Gasteiger partial charge in [0.1, 0.15) is 0 Å². The molecule has 0 amide bonds. The first kappa shape index (κ1) is 18.6. The molecule has 2 aromatic rings. The highest BCUT2D eigenvalue weighted by Crippen LogP contribution is 2.28. The van der Waals surface area contributed by atoms with Crippen LogP contribution in [0.1, 0.15) is 44.9 Å². The number of nitrogens with zero attached hydrogens (tertiary/aromatic N) is 4. The number of rotatable bonds is 5. The Morgan fingerprint density at radius 3 is 2.44 bits per heavy atom. The summed E-state index contributed by atoms with van der Waals surface area (Å²) in [5.41, 5.74) is 0. The number of sulfonamides is 1. The molecule has 1 aliphatic heterocycles. The fourth-order valence-corrected chi connectivity index (χ4v) is 5.29. The number of hydrogen-bond donors (Lipinski definition) is 0. The minimum absolute atomic E-state index is 0.0696. The first-order valence-corrected chi connectivity index (χ1v) is 11.2. The second-order valence-electron chi connectivity index (χ2n) is 7.21. The molecule has 148 valence electrons. The topological polar surface area (TPSA) is 92.7 Å². The lowest BCUT2D eigenvalue weighted by Gasteiger charge is -2.39. The molecule has 9 heteroatoms. The van der Waals surface area contributed by atoms with Gasteiger partial charge in [0.2, 0.25) is 11.0 Å². The van der Waals surface area contributed by atoms with Gasteiger partial charge in [0, 0.05) is 38.6 Å². The van der Waals surface area contributed by atoms with Crippen molar-refractivity contribution in [3.05, 3.63) is 18.0 Å². The van der Waals surface area contributed by atoms with Crippen LogP contribution in [-0.2, 0) is 16.4 Å². The minimum atomic E-state index is -3.65. The van der Waals surface area contributed by atoms with E-state index < -0.39 is 10.0 Å². The fraction of sp³-hybridized carbons (Fsp3) is 0.667. The van der Waals surface area contributed by atoms with Gasteiger partial charge in [-0.25, -0.2) is 8.42 Å². The molecule has 3 heterocycles. The molecule has 0 N–H and O–H groups in total. The van der Waals surface area contributed by atoms with Crippen LogP contribution in [0.15, 0.2) is 26.1 Å². The monoisotopic (exact) mass is 394 g/mol. The molecule has 0 atom stereocenters. The van der Waals surface area contributed by atoms with Crippen LogP contribution in [0.3, 0.4) is 0 Å². The summed E-state index contributed by atoms with van der Waals surface area (Å²) in [6.07, 6.45) is 6.98. The average Bonchev–Trinajstić information content (AvgIpc) is 3.38. The maximum Gasteiger partial charge on any atom is 0.283 e. The SMILES string of the molecule is CCc1nnc(-c2ccc(S(=O)(=O)N3CCN(C4CCCCC4)CC3)o2)o1. The van der Waals surface area contributed by atoms with Crippen molar-refractivity contribution in [2.24, 2.45) is 0 Å². The summed E-state index contributed by atoms with van der Waals surface area (Å²) >= 11 is 0. The van der Waals surface area contributed by atoms with Gasteiger partial charge in [-0.1, -0.05) is 26.2 Å². The molecule has 8 nitrogen and oxygen atoms in total. The third-order valence-corrected chi connectivity index (χ3v) is 7.29. The molecule has 0 aromatic carbocycles. The number of aryl methyl sites for hydroxylation is 1. The van der Waals surface area contributed by atoms with E-state index in [0.717, 1.165) is 13.1 Å². The van der Waals surface area contributed by atoms with E-state index in [1.54, 1.807) is 6.07 Å². The number of hydrogen-bond acceptors (Lipinski definition) is 7. The number of piperazine rings is 1. The van der Waals surface area contributed by atoms with Gasteiger partial charge in [-0.2, -0.15) is 4.31 Å². The Labute approximate surface area is 159 Å². The zero-order valence-corrected chi connectivity index (χ0v) is 16.4. The summed E-state index contributed by atoms with van der Waals surface area (Å²) in [6, 6.07) is 3.65. The van der Waals surface area contributed by atoms with Crippen molar-refractivity contribution in [2.75, 3.05) is 26.2 Å². The second kappa shape index (κ2) is 7.73. The summed E-state index contributed by atoms with van der Waals surface area (Å²) in [5.74, 6) is 0.974. The van der Waals surface area contributed by atoms with Crippen LogP contribution < -0.4 is 0 Å². The van der Waals surface area contributed by atoms with E-state index in [-0.39, 0.29) is 16.7 Å². The molecule has 0 bridgehead atoms. The smallest absolute Gasteiger partial charge is 0.283 e. The average molecular weight is 394 g/mol. The molecule has 4 rings (SSSR count).